The van der Waals surface area contributed by atoms with Crippen molar-refractivity contribution in [3.63, 3.8) is 0 Å². The summed E-state index contributed by atoms with van der Waals surface area (Å²) in [5, 5.41) is 4.55. The van der Waals surface area contributed by atoms with Crippen molar-refractivity contribution in [1.82, 2.24) is 10.3 Å². The van der Waals surface area contributed by atoms with Crippen LogP contribution in [0.3, 0.4) is 0 Å². The smallest absolute Gasteiger partial charge is 0.287 e. The molecule has 1 amide bonds. The maximum absolute atomic E-state index is 12.1. The molecule has 3 rings (SSSR count). The van der Waals surface area contributed by atoms with Crippen LogP contribution in [0.15, 0.2) is 34.7 Å². The van der Waals surface area contributed by atoms with E-state index >= 15 is 0 Å². The Labute approximate surface area is 133 Å². The van der Waals surface area contributed by atoms with Gasteiger partial charge in [0, 0.05) is 37.1 Å². The minimum atomic E-state index is -0.249. The predicted octanol–water partition coefficient (Wildman–Crippen LogP) is 2.76. The van der Waals surface area contributed by atoms with Gasteiger partial charge >= 0.3 is 0 Å². The standard InChI is InChI=1S/C17H18N2O4/c1-21-7-3-6-18-16(20)15-9-12-8-11-4-5-13(22-2)10-14(11)19-17(12)23-15/h4-5,8-10H,3,6-7H2,1-2H3,(H,18,20). The Bertz CT molecular complexity index is 841. The highest BCUT2D eigenvalue weighted by Gasteiger charge is 2.13. The van der Waals surface area contributed by atoms with Crippen LogP contribution in [0.1, 0.15) is 17.0 Å². The largest absolute Gasteiger partial charge is 0.497 e. The Balaban J connectivity index is 1.86. The number of hydrogen-bond acceptors (Lipinski definition) is 5. The molecule has 0 aliphatic rings. The van der Waals surface area contributed by atoms with Gasteiger partial charge in [-0.15, -0.1) is 0 Å². The lowest BCUT2D eigenvalue weighted by Gasteiger charge is -2.01. The Morgan fingerprint density at radius 2 is 2.09 bits per heavy atom. The van der Waals surface area contributed by atoms with E-state index in [1.807, 2.05) is 24.3 Å². The first kappa shape index (κ1) is 15.3. The fourth-order valence-corrected chi connectivity index (χ4v) is 2.35. The number of nitrogens with one attached hydrogen (secondary N) is 1. The topological polar surface area (TPSA) is 73.6 Å². The molecule has 0 unspecified atom stereocenters. The van der Waals surface area contributed by atoms with Crippen LogP contribution in [0.5, 0.6) is 5.75 Å². The van der Waals surface area contributed by atoms with Crippen molar-refractivity contribution in [1.29, 1.82) is 0 Å². The average molecular weight is 314 g/mol. The van der Waals surface area contributed by atoms with Crippen LogP contribution in [-0.4, -0.2) is 38.3 Å². The van der Waals surface area contributed by atoms with Crippen molar-refractivity contribution < 1.29 is 18.7 Å². The molecule has 0 aliphatic heterocycles. The molecule has 1 aromatic carbocycles. The van der Waals surface area contributed by atoms with Gasteiger partial charge in [0.2, 0.25) is 5.71 Å². The molecule has 0 bridgehead atoms. The number of nitrogens with zero attached hydrogens (tertiary/aromatic N) is 1. The van der Waals surface area contributed by atoms with Gasteiger partial charge in [-0.2, -0.15) is 0 Å². The van der Waals surface area contributed by atoms with E-state index in [2.05, 4.69) is 10.3 Å². The Hall–Kier alpha value is -2.60. The normalized spacial score (nSPS) is 11.0. The van der Waals surface area contributed by atoms with E-state index in [4.69, 9.17) is 13.9 Å². The van der Waals surface area contributed by atoms with Crippen LogP contribution < -0.4 is 10.1 Å². The van der Waals surface area contributed by atoms with E-state index in [0.717, 1.165) is 28.5 Å². The molecular weight excluding hydrogens is 296 g/mol. The second kappa shape index (κ2) is 6.66. The number of carbonyl (C=O) groups excluding carboxylic acids is 1. The first-order chi connectivity index (χ1) is 11.2. The molecule has 0 aliphatic carbocycles. The van der Waals surface area contributed by atoms with E-state index < -0.39 is 0 Å². The fourth-order valence-electron chi connectivity index (χ4n) is 2.35. The lowest BCUT2D eigenvalue weighted by Crippen LogP contribution is -2.24. The first-order valence-corrected chi connectivity index (χ1v) is 7.37. The highest BCUT2D eigenvalue weighted by Crippen LogP contribution is 2.25. The Morgan fingerprint density at radius 3 is 2.87 bits per heavy atom. The number of aromatic nitrogens is 1. The number of carbonyl (C=O) groups is 1. The molecule has 0 atom stereocenters. The van der Waals surface area contributed by atoms with E-state index in [1.165, 1.54) is 0 Å². The molecule has 120 valence electrons. The summed E-state index contributed by atoms with van der Waals surface area (Å²) in [6.45, 7) is 1.14. The molecular formula is C17H18N2O4. The summed E-state index contributed by atoms with van der Waals surface area (Å²) in [7, 11) is 3.24. The maximum Gasteiger partial charge on any atom is 0.287 e. The fraction of sp³-hybridized carbons (Fsp3) is 0.294. The van der Waals surface area contributed by atoms with Crippen molar-refractivity contribution in [3.05, 3.63) is 36.1 Å². The number of furan rings is 1. The molecule has 0 fully saturated rings. The second-order valence-corrected chi connectivity index (χ2v) is 5.15. The minimum absolute atomic E-state index is 0.249. The van der Waals surface area contributed by atoms with E-state index in [0.29, 0.717) is 18.9 Å². The molecule has 1 N–H and O–H groups in total. The van der Waals surface area contributed by atoms with Gasteiger partial charge in [0.25, 0.3) is 5.91 Å². The van der Waals surface area contributed by atoms with Gasteiger partial charge < -0.3 is 19.2 Å². The summed E-state index contributed by atoms with van der Waals surface area (Å²) < 4.78 is 15.7. The molecule has 6 nitrogen and oxygen atoms in total. The van der Waals surface area contributed by atoms with E-state index in [9.17, 15) is 4.79 Å². The van der Waals surface area contributed by atoms with Crippen molar-refractivity contribution in [2.24, 2.45) is 0 Å². The summed E-state index contributed by atoms with van der Waals surface area (Å²) in [5.41, 5.74) is 1.20. The number of fused-ring (bicyclic) bond motifs is 2. The third-order valence-corrected chi connectivity index (χ3v) is 3.55. The number of methoxy groups -OCH3 is 2. The number of ether oxygens (including phenoxy) is 2. The second-order valence-electron chi connectivity index (χ2n) is 5.15. The Kier molecular flexibility index (Phi) is 4.43. The zero-order valence-electron chi connectivity index (χ0n) is 13.1. The number of hydrogen-bond donors (Lipinski definition) is 1. The van der Waals surface area contributed by atoms with Gasteiger partial charge in [0.1, 0.15) is 5.75 Å². The van der Waals surface area contributed by atoms with Gasteiger partial charge in [0.05, 0.1) is 12.6 Å². The molecule has 2 heterocycles. The van der Waals surface area contributed by atoms with Gasteiger partial charge in [-0.3, -0.25) is 4.79 Å². The quantitative estimate of drug-likeness (QED) is 0.708. The van der Waals surface area contributed by atoms with Gasteiger partial charge in [0.15, 0.2) is 5.76 Å². The first-order valence-electron chi connectivity index (χ1n) is 7.37. The SMILES string of the molecule is COCCCNC(=O)c1cc2cc3ccc(OC)cc3nc2o1. The van der Waals surface area contributed by atoms with Crippen LogP contribution >= 0.6 is 0 Å². The number of benzene rings is 1. The summed E-state index contributed by atoms with van der Waals surface area (Å²) >= 11 is 0. The Morgan fingerprint density at radius 1 is 1.22 bits per heavy atom. The van der Waals surface area contributed by atoms with Crippen LogP contribution in [0, 0.1) is 0 Å². The summed E-state index contributed by atoms with van der Waals surface area (Å²) in [6, 6.07) is 9.29. The van der Waals surface area contributed by atoms with Crippen LogP contribution in [0.25, 0.3) is 22.0 Å². The molecule has 2 aromatic heterocycles. The lowest BCUT2D eigenvalue weighted by molar-refractivity contribution is 0.0923. The summed E-state index contributed by atoms with van der Waals surface area (Å²) in [4.78, 5) is 16.5. The van der Waals surface area contributed by atoms with Crippen LogP contribution in [0.2, 0.25) is 0 Å². The maximum atomic E-state index is 12.1. The number of pyridine rings is 1. The molecule has 0 saturated heterocycles. The third kappa shape index (κ3) is 3.27. The average Bonchev–Trinajstić information content (AvgIpc) is 2.98. The molecule has 23 heavy (non-hydrogen) atoms. The molecule has 0 radical (unpaired) electrons. The highest BCUT2D eigenvalue weighted by molar-refractivity contribution is 5.98. The van der Waals surface area contributed by atoms with Crippen LogP contribution in [-0.2, 0) is 4.74 Å². The molecule has 0 spiro atoms. The lowest BCUT2D eigenvalue weighted by atomic mass is 10.2. The van der Waals surface area contributed by atoms with Gasteiger partial charge in [-0.1, -0.05) is 0 Å². The van der Waals surface area contributed by atoms with Crippen LogP contribution in [0.4, 0.5) is 0 Å². The van der Waals surface area contributed by atoms with E-state index in [1.54, 1.807) is 20.3 Å². The van der Waals surface area contributed by atoms with Crippen molar-refractivity contribution >= 4 is 27.9 Å². The summed E-state index contributed by atoms with van der Waals surface area (Å²) in [5.74, 6) is 0.736. The zero-order valence-corrected chi connectivity index (χ0v) is 13.1. The van der Waals surface area contributed by atoms with Crippen molar-refractivity contribution in [2.45, 2.75) is 6.42 Å². The number of amides is 1. The molecule has 0 saturated carbocycles. The number of rotatable bonds is 6. The zero-order chi connectivity index (χ0) is 16.2. The van der Waals surface area contributed by atoms with Crippen molar-refractivity contribution in [3.8, 4) is 5.75 Å². The van der Waals surface area contributed by atoms with E-state index in [-0.39, 0.29) is 11.7 Å². The molecule has 6 heteroatoms. The highest BCUT2D eigenvalue weighted by atomic mass is 16.5. The monoisotopic (exact) mass is 314 g/mol. The summed E-state index contributed by atoms with van der Waals surface area (Å²) in [6.07, 6.45) is 0.754. The predicted molar refractivity (Wildman–Crippen MR) is 86.9 cm³/mol. The van der Waals surface area contributed by atoms with Gasteiger partial charge in [-0.25, -0.2) is 4.98 Å². The third-order valence-electron chi connectivity index (χ3n) is 3.55. The molecule has 3 aromatic rings. The van der Waals surface area contributed by atoms with Gasteiger partial charge in [-0.05, 0) is 30.7 Å². The minimum Gasteiger partial charge on any atom is -0.497 e. The van der Waals surface area contributed by atoms with Crippen molar-refractivity contribution in [2.75, 3.05) is 27.4 Å².